The van der Waals surface area contributed by atoms with Crippen molar-refractivity contribution in [1.82, 2.24) is 4.90 Å². The van der Waals surface area contributed by atoms with Gasteiger partial charge in [-0.1, -0.05) is 24.6 Å². The standard InChI is InChI=1S/C15H24N2/c1-14-8-3-4-9-15(14)16-10-7-13-17-11-5-2-6-12-17/h3-4,8-9,16H,2,5-7,10-13H2,1H3. The second kappa shape index (κ2) is 6.65. The van der Waals surface area contributed by atoms with Crippen molar-refractivity contribution in [2.75, 3.05) is 31.5 Å². The third-order valence-corrected chi connectivity index (χ3v) is 3.56. The van der Waals surface area contributed by atoms with Gasteiger partial charge in [-0.25, -0.2) is 0 Å². The average molecular weight is 232 g/mol. The van der Waals surface area contributed by atoms with Crippen LogP contribution in [-0.2, 0) is 0 Å². The highest BCUT2D eigenvalue weighted by Crippen LogP contribution is 2.13. The predicted octanol–water partition coefficient (Wildman–Crippen LogP) is 3.28. The van der Waals surface area contributed by atoms with Crippen molar-refractivity contribution in [3.63, 3.8) is 0 Å². The Morgan fingerprint density at radius 2 is 1.88 bits per heavy atom. The zero-order valence-electron chi connectivity index (χ0n) is 10.9. The zero-order valence-corrected chi connectivity index (χ0v) is 10.9. The molecule has 1 aromatic carbocycles. The number of hydrogen-bond acceptors (Lipinski definition) is 2. The van der Waals surface area contributed by atoms with E-state index >= 15 is 0 Å². The van der Waals surface area contributed by atoms with E-state index in [1.807, 2.05) is 0 Å². The molecule has 0 spiro atoms. The first-order valence-electron chi connectivity index (χ1n) is 6.88. The maximum Gasteiger partial charge on any atom is 0.0369 e. The minimum absolute atomic E-state index is 1.08. The highest BCUT2D eigenvalue weighted by atomic mass is 15.1. The van der Waals surface area contributed by atoms with Crippen LogP contribution in [0.5, 0.6) is 0 Å². The summed E-state index contributed by atoms with van der Waals surface area (Å²) in [5.74, 6) is 0. The van der Waals surface area contributed by atoms with Gasteiger partial charge in [0.2, 0.25) is 0 Å². The zero-order chi connectivity index (χ0) is 11.9. The molecule has 2 rings (SSSR count). The van der Waals surface area contributed by atoms with E-state index in [0.29, 0.717) is 0 Å². The Morgan fingerprint density at radius 3 is 2.65 bits per heavy atom. The number of benzene rings is 1. The van der Waals surface area contributed by atoms with Gasteiger partial charge in [-0.15, -0.1) is 0 Å². The topological polar surface area (TPSA) is 15.3 Å². The van der Waals surface area contributed by atoms with E-state index in [1.165, 1.54) is 56.6 Å². The van der Waals surface area contributed by atoms with Gasteiger partial charge in [-0.3, -0.25) is 0 Å². The van der Waals surface area contributed by atoms with Gasteiger partial charge in [-0.05, 0) is 57.5 Å². The molecule has 17 heavy (non-hydrogen) atoms. The van der Waals surface area contributed by atoms with Gasteiger partial charge in [0.1, 0.15) is 0 Å². The summed E-state index contributed by atoms with van der Waals surface area (Å²) in [6, 6.07) is 8.51. The summed E-state index contributed by atoms with van der Waals surface area (Å²) >= 11 is 0. The van der Waals surface area contributed by atoms with Crippen LogP contribution in [0.25, 0.3) is 0 Å². The normalized spacial score (nSPS) is 17.0. The summed E-state index contributed by atoms with van der Waals surface area (Å²) in [5.41, 5.74) is 2.62. The van der Waals surface area contributed by atoms with Crippen molar-refractivity contribution in [2.45, 2.75) is 32.6 Å². The van der Waals surface area contributed by atoms with Crippen LogP contribution in [0.3, 0.4) is 0 Å². The Labute approximate surface area is 105 Å². The van der Waals surface area contributed by atoms with Crippen LogP contribution in [0.1, 0.15) is 31.2 Å². The van der Waals surface area contributed by atoms with E-state index in [4.69, 9.17) is 0 Å². The molecule has 1 saturated heterocycles. The van der Waals surface area contributed by atoms with E-state index in [9.17, 15) is 0 Å². The number of aryl methyl sites for hydroxylation is 1. The van der Waals surface area contributed by atoms with Crippen LogP contribution in [0.2, 0.25) is 0 Å². The van der Waals surface area contributed by atoms with Crippen molar-refractivity contribution >= 4 is 5.69 Å². The number of likely N-dealkylation sites (tertiary alicyclic amines) is 1. The third kappa shape index (κ3) is 4.04. The number of nitrogens with zero attached hydrogens (tertiary/aromatic N) is 1. The molecule has 0 saturated carbocycles. The van der Waals surface area contributed by atoms with E-state index < -0.39 is 0 Å². The highest BCUT2D eigenvalue weighted by molar-refractivity contribution is 5.50. The lowest BCUT2D eigenvalue weighted by atomic mass is 10.1. The second-order valence-corrected chi connectivity index (χ2v) is 5.00. The third-order valence-electron chi connectivity index (χ3n) is 3.56. The van der Waals surface area contributed by atoms with Crippen LogP contribution in [0.4, 0.5) is 5.69 Å². The molecule has 94 valence electrons. The van der Waals surface area contributed by atoms with Crippen molar-refractivity contribution in [3.8, 4) is 0 Å². The first-order valence-corrected chi connectivity index (χ1v) is 6.88. The van der Waals surface area contributed by atoms with Crippen molar-refractivity contribution in [3.05, 3.63) is 29.8 Å². The lowest BCUT2D eigenvalue weighted by Crippen LogP contribution is -2.31. The molecule has 0 bridgehead atoms. The summed E-state index contributed by atoms with van der Waals surface area (Å²) in [6.45, 7) is 7.11. The molecule has 1 aromatic rings. The van der Waals surface area contributed by atoms with Crippen LogP contribution in [0.15, 0.2) is 24.3 Å². The molecule has 2 nitrogen and oxygen atoms in total. The lowest BCUT2D eigenvalue weighted by Gasteiger charge is -2.26. The summed E-state index contributed by atoms with van der Waals surface area (Å²) in [5, 5.41) is 3.53. The molecule has 0 unspecified atom stereocenters. The summed E-state index contributed by atoms with van der Waals surface area (Å²) < 4.78 is 0. The first-order chi connectivity index (χ1) is 8.36. The Balaban J connectivity index is 1.64. The second-order valence-electron chi connectivity index (χ2n) is 5.00. The van der Waals surface area contributed by atoms with Gasteiger partial charge >= 0.3 is 0 Å². The van der Waals surface area contributed by atoms with Crippen LogP contribution < -0.4 is 5.32 Å². The number of rotatable bonds is 5. The number of nitrogens with one attached hydrogen (secondary N) is 1. The van der Waals surface area contributed by atoms with Crippen LogP contribution >= 0.6 is 0 Å². The van der Waals surface area contributed by atoms with E-state index in [2.05, 4.69) is 41.4 Å². The smallest absolute Gasteiger partial charge is 0.0369 e. The number of anilines is 1. The maximum atomic E-state index is 3.53. The minimum atomic E-state index is 1.08. The summed E-state index contributed by atoms with van der Waals surface area (Å²) in [6.07, 6.45) is 5.46. The molecule has 1 fully saturated rings. The molecule has 0 atom stereocenters. The highest BCUT2D eigenvalue weighted by Gasteiger charge is 2.08. The van der Waals surface area contributed by atoms with Crippen LogP contribution in [0, 0.1) is 6.92 Å². The fourth-order valence-corrected chi connectivity index (χ4v) is 2.48. The van der Waals surface area contributed by atoms with Crippen molar-refractivity contribution < 1.29 is 0 Å². The monoisotopic (exact) mass is 232 g/mol. The Bertz CT molecular complexity index is 329. The molecular formula is C15H24N2. The van der Waals surface area contributed by atoms with Gasteiger partial charge in [0.25, 0.3) is 0 Å². The molecule has 1 N–H and O–H groups in total. The fraction of sp³-hybridized carbons (Fsp3) is 0.600. The van der Waals surface area contributed by atoms with Crippen molar-refractivity contribution in [1.29, 1.82) is 0 Å². The van der Waals surface area contributed by atoms with Gasteiger partial charge < -0.3 is 10.2 Å². The van der Waals surface area contributed by atoms with Crippen LogP contribution in [-0.4, -0.2) is 31.1 Å². The molecule has 1 aliphatic heterocycles. The molecule has 0 amide bonds. The maximum absolute atomic E-state index is 3.53. The van der Waals surface area contributed by atoms with E-state index in [1.54, 1.807) is 0 Å². The SMILES string of the molecule is Cc1ccccc1NCCCN1CCCCC1. The molecule has 0 aliphatic carbocycles. The number of piperidine rings is 1. The Morgan fingerprint density at radius 1 is 1.12 bits per heavy atom. The number of para-hydroxylation sites is 1. The number of hydrogen-bond donors (Lipinski definition) is 1. The predicted molar refractivity (Wildman–Crippen MR) is 74.6 cm³/mol. The van der Waals surface area contributed by atoms with Gasteiger partial charge in [0.15, 0.2) is 0 Å². The summed E-state index contributed by atoms with van der Waals surface area (Å²) in [4.78, 5) is 2.60. The van der Waals surface area contributed by atoms with Gasteiger partial charge in [0, 0.05) is 12.2 Å². The van der Waals surface area contributed by atoms with E-state index in [0.717, 1.165) is 6.54 Å². The van der Waals surface area contributed by atoms with Gasteiger partial charge in [0.05, 0.1) is 0 Å². The Kier molecular flexibility index (Phi) is 4.87. The van der Waals surface area contributed by atoms with Crippen molar-refractivity contribution in [2.24, 2.45) is 0 Å². The lowest BCUT2D eigenvalue weighted by molar-refractivity contribution is 0.228. The fourth-order valence-electron chi connectivity index (χ4n) is 2.48. The quantitative estimate of drug-likeness (QED) is 0.784. The molecule has 1 heterocycles. The van der Waals surface area contributed by atoms with Gasteiger partial charge in [-0.2, -0.15) is 0 Å². The molecule has 2 heteroatoms. The molecule has 0 radical (unpaired) electrons. The average Bonchev–Trinajstić information content (AvgIpc) is 2.38. The molecular weight excluding hydrogens is 208 g/mol. The Hall–Kier alpha value is -1.02. The van der Waals surface area contributed by atoms with E-state index in [-0.39, 0.29) is 0 Å². The molecule has 1 aliphatic rings. The summed E-state index contributed by atoms with van der Waals surface area (Å²) in [7, 11) is 0. The first kappa shape index (κ1) is 12.4. The minimum Gasteiger partial charge on any atom is -0.385 e. The largest absolute Gasteiger partial charge is 0.385 e. The molecule has 0 aromatic heterocycles.